The summed E-state index contributed by atoms with van der Waals surface area (Å²) >= 11 is 1.50. The van der Waals surface area contributed by atoms with Crippen LogP contribution in [0.15, 0.2) is 72.1 Å². The topological polar surface area (TPSA) is 111 Å². The highest BCUT2D eigenvalue weighted by molar-refractivity contribution is 7.13. The van der Waals surface area contributed by atoms with Gasteiger partial charge in [-0.15, -0.1) is 11.3 Å². The molecule has 160 valence electrons. The third-order valence-electron chi connectivity index (χ3n) is 4.69. The summed E-state index contributed by atoms with van der Waals surface area (Å²) in [6.07, 6.45) is -1.13. The van der Waals surface area contributed by atoms with Crippen molar-refractivity contribution in [2.75, 3.05) is 5.32 Å². The first-order chi connectivity index (χ1) is 15.4. The molecule has 0 fully saturated rings. The third-order valence-corrected chi connectivity index (χ3v) is 5.58. The standard InChI is InChI=1S/C23H17N3O5S/c1-14(22(27)24-15-6-4-7-16(12-15)26(29)30)31-23(28)18-13-20(21-10-5-11-32-21)25-19-9-3-2-8-17(18)19/h2-14H,1H3,(H,24,27). The summed E-state index contributed by atoms with van der Waals surface area (Å²) in [7, 11) is 0. The molecule has 9 heteroatoms. The number of nitro groups is 1. The number of nitro benzene ring substituents is 1. The van der Waals surface area contributed by atoms with Crippen molar-refractivity contribution in [3.05, 3.63) is 87.8 Å². The summed E-state index contributed by atoms with van der Waals surface area (Å²) in [5.41, 5.74) is 1.66. The SMILES string of the molecule is CC(OC(=O)c1cc(-c2cccs2)nc2ccccc12)C(=O)Nc1cccc([N+](=O)[O-])c1. The maximum Gasteiger partial charge on any atom is 0.339 e. The second kappa shape index (κ2) is 8.94. The lowest BCUT2D eigenvalue weighted by molar-refractivity contribution is -0.384. The second-order valence-electron chi connectivity index (χ2n) is 6.89. The van der Waals surface area contributed by atoms with E-state index in [0.717, 1.165) is 4.88 Å². The third kappa shape index (κ3) is 4.47. The van der Waals surface area contributed by atoms with E-state index in [2.05, 4.69) is 10.3 Å². The Bertz CT molecular complexity index is 1320. The van der Waals surface area contributed by atoms with Gasteiger partial charge in [-0.05, 0) is 36.6 Å². The smallest absolute Gasteiger partial charge is 0.339 e. The van der Waals surface area contributed by atoms with Crippen LogP contribution in [-0.2, 0) is 9.53 Å². The largest absolute Gasteiger partial charge is 0.449 e. The molecule has 0 spiro atoms. The molecule has 1 amide bonds. The van der Waals surface area contributed by atoms with Gasteiger partial charge in [0.15, 0.2) is 6.10 Å². The summed E-state index contributed by atoms with van der Waals surface area (Å²) in [4.78, 5) is 41.4. The monoisotopic (exact) mass is 447 g/mol. The molecule has 0 aliphatic rings. The number of ether oxygens (including phenoxy) is 1. The van der Waals surface area contributed by atoms with Crippen molar-refractivity contribution in [3.63, 3.8) is 0 Å². The maximum absolute atomic E-state index is 13.0. The number of nitrogens with zero attached hydrogens (tertiary/aromatic N) is 2. The molecule has 2 aromatic heterocycles. The molecule has 4 rings (SSSR count). The number of para-hydroxylation sites is 1. The number of nitrogens with one attached hydrogen (secondary N) is 1. The number of carbonyl (C=O) groups is 2. The Labute approximate surface area is 186 Å². The van der Waals surface area contributed by atoms with Crippen molar-refractivity contribution in [1.82, 2.24) is 4.98 Å². The molecular weight excluding hydrogens is 430 g/mol. The van der Waals surface area contributed by atoms with E-state index in [9.17, 15) is 19.7 Å². The van der Waals surface area contributed by atoms with E-state index in [1.165, 1.54) is 42.5 Å². The quantitative estimate of drug-likeness (QED) is 0.251. The number of aromatic nitrogens is 1. The second-order valence-corrected chi connectivity index (χ2v) is 7.84. The summed E-state index contributed by atoms with van der Waals surface area (Å²) in [5.74, 6) is -1.27. The average Bonchev–Trinajstić information content (AvgIpc) is 3.33. The molecule has 4 aromatic rings. The van der Waals surface area contributed by atoms with E-state index < -0.39 is 22.9 Å². The fourth-order valence-electron chi connectivity index (χ4n) is 3.11. The van der Waals surface area contributed by atoms with Crippen molar-refractivity contribution < 1.29 is 19.2 Å². The van der Waals surface area contributed by atoms with Gasteiger partial charge in [-0.3, -0.25) is 14.9 Å². The predicted octanol–water partition coefficient (Wildman–Crippen LogP) is 5.06. The van der Waals surface area contributed by atoms with Gasteiger partial charge in [0.2, 0.25) is 0 Å². The van der Waals surface area contributed by atoms with Gasteiger partial charge in [-0.1, -0.05) is 30.3 Å². The van der Waals surface area contributed by atoms with Gasteiger partial charge in [-0.2, -0.15) is 0 Å². The minimum Gasteiger partial charge on any atom is -0.449 e. The highest BCUT2D eigenvalue weighted by Gasteiger charge is 2.22. The van der Waals surface area contributed by atoms with Gasteiger partial charge in [0, 0.05) is 23.2 Å². The molecule has 2 aromatic carbocycles. The summed E-state index contributed by atoms with van der Waals surface area (Å²) < 4.78 is 5.42. The Morgan fingerprint density at radius 2 is 1.91 bits per heavy atom. The predicted molar refractivity (Wildman–Crippen MR) is 122 cm³/mol. The van der Waals surface area contributed by atoms with Gasteiger partial charge >= 0.3 is 5.97 Å². The van der Waals surface area contributed by atoms with Crippen LogP contribution in [0.5, 0.6) is 0 Å². The van der Waals surface area contributed by atoms with Crippen LogP contribution in [0.4, 0.5) is 11.4 Å². The molecule has 0 radical (unpaired) electrons. The Kier molecular flexibility index (Phi) is 5.91. The highest BCUT2D eigenvalue weighted by atomic mass is 32.1. The van der Waals surface area contributed by atoms with Crippen molar-refractivity contribution in [1.29, 1.82) is 0 Å². The molecule has 0 saturated heterocycles. The van der Waals surface area contributed by atoms with Crippen LogP contribution in [0.25, 0.3) is 21.5 Å². The van der Waals surface area contributed by atoms with E-state index in [1.807, 2.05) is 29.6 Å². The summed E-state index contributed by atoms with van der Waals surface area (Å²) in [6.45, 7) is 1.44. The number of pyridine rings is 1. The molecule has 32 heavy (non-hydrogen) atoms. The molecule has 0 saturated carbocycles. The zero-order valence-electron chi connectivity index (χ0n) is 16.8. The molecule has 0 aliphatic carbocycles. The zero-order valence-corrected chi connectivity index (χ0v) is 17.7. The fourth-order valence-corrected chi connectivity index (χ4v) is 3.80. The number of anilines is 1. The lowest BCUT2D eigenvalue weighted by Gasteiger charge is -2.15. The number of hydrogen-bond donors (Lipinski definition) is 1. The number of carbonyl (C=O) groups excluding carboxylic acids is 2. The van der Waals surface area contributed by atoms with Crippen molar-refractivity contribution in [2.24, 2.45) is 0 Å². The molecule has 0 aliphatic heterocycles. The van der Waals surface area contributed by atoms with Gasteiger partial charge < -0.3 is 10.1 Å². The van der Waals surface area contributed by atoms with E-state index >= 15 is 0 Å². The lowest BCUT2D eigenvalue weighted by atomic mass is 10.1. The fraction of sp³-hybridized carbons (Fsp3) is 0.0870. The first-order valence-corrected chi connectivity index (χ1v) is 10.5. The molecule has 0 bridgehead atoms. The number of rotatable bonds is 6. The number of amides is 1. The Hall–Kier alpha value is -4.11. The summed E-state index contributed by atoms with van der Waals surface area (Å²) in [6, 6.07) is 18.2. The van der Waals surface area contributed by atoms with E-state index in [0.29, 0.717) is 22.2 Å². The Morgan fingerprint density at radius 1 is 1.09 bits per heavy atom. The van der Waals surface area contributed by atoms with Gasteiger partial charge in [0.05, 0.1) is 26.6 Å². The number of hydrogen-bond acceptors (Lipinski definition) is 7. The highest BCUT2D eigenvalue weighted by Crippen LogP contribution is 2.28. The minimum absolute atomic E-state index is 0.156. The number of non-ortho nitro benzene ring substituents is 1. The summed E-state index contributed by atoms with van der Waals surface area (Å²) in [5, 5.41) is 16.0. The molecule has 2 heterocycles. The van der Waals surface area contributed by atoms with Crippen LogP contribution in [0.1, 0.15) is 17.3 Å². The molecule has 1 unspecified atom stereocenters. The van der Waals surface area contributed by atoms with Crippen LogP contribution < -0.4 is 5.32 Å². The molecular formula is C23H17N3O5S. The Morgan fingerprint density at radius 3 is 2.66 bits per heavy atom. The van der Waals surface area contributed by atoms with Gasteiger partial charge in [-0.25, -0.2) is 9.78 Å². The first kappa shape index (κ1) is 21.1. The Balaban J connectivity index is 1.56. The van der Waals surface area contributed by atoms with E-state index in [-0.39, 0.29) is 11.4 Å². The number of thiophene rings is 1. The normalized spacial score (nSPS) is 11.7. The van der Waals surface area contributed by atoms with Gasteiger partial charge in [0.1, 0.15) is 0 Å². The van der Waals surface area contributed by atoms with E-state index in [1.54, 1.807) is 18.2 Å². The first-order valence-electron chi connectivity index (χ1n) is 9.62. The van der Waals surface area contributed by atoms with Crippen molar-refractivity contribution in [2.45, 2.75) is 13.0 Å². The van der Waals surface area contributed by atoms with Gasteiger partial charge in [0.25, 0.3) is 11.6 Å². The van der Waals surface area contributed by atoms with Crippen molar-refractivity contribution in [3.8, 4) is 10.6 Å². The van der Waals surface area contributed by atoms with E-state index in [4.69, 9.17) is 4.74 Å². The van der Waals surface area contributed by atoms with Crippen LogP contribution in [0.3, 0.4) is 0 Å². The van der Waals surface area contributed by atoms with Crippen LogP contribution in [-0.4, -0.2) is 27.9 Å². The van der Waals surface area contributed by atoms with Crippen LogP contribution in [0, 0.1) is 10.1 Å². The average molecular weight is 447 g/mol. The minimum atomic E-state index is -1.13. The number of fused-ring (bicyclic) bond motifs is 1. The van der Waals surface area contributed by atoms with Crippen molar-refractivity contribution >= 4 is 45.5 Å². The zero-order chi connectivity index (χ0) is 22.7. The van der Waals surface area contributed by atoms with Crippen LogP contribution >= 0.6 is 11.3 Å². The molecule has 1 N–H and O–H groups in total. The molecule has 1 atom stereocenters. The number of esters is 1. The molecule has 8 nitrogen and oxygen atoms in total. The van der Waals surface area contributed by atoms with Crippen LogP contribution in [0.2, 0.25) is 0 Å². The maximum atomic E-state index is 13.0. The lowest BCUT2D eigenvalue weighted by Crippen LogP contribution is -2.30. The number of benzene rings is 2.